The molecule has 0 saturated carbocycles. The van der Waals surface area contributed by atoms with Gasteiger partial charge in [-0.2, -0.15) is 18.2 Å². The van der Waals surface area contributed by atoms with E-state index >= 15 is 0 Å². The minimum atomic E-state index is -4.52. The smallest absolute Gasteiger partial charge is 0.377 e. The fraction of sp³-hybridized carbons (Fsp3) is 0.176. The second-order valence-electron chi connectivity index (χ2n) is 5.51. The Balaban J connectivity index is 2.42. The van der Waals surface area contributed by atoms with Crippen molar-refractivity contribution in [1.82, 2.24) is 0 Å². The molecule has 0 aliphatic rings. The molecule has 1 unspecified atom stereocenters. The van der Waals surface area contributed by atoms with Gasteiger partial charge in [0.1, 0.15) is 0 Å². The van der Waals surface area contributed by atoms with Crippen LogP contribution in [0.4, 0.5) is 24.5 Å². The van der Waals surface area contributed by atoms with Gasteiger partial charge in [-0.15, -0.1) is 0 Å². The summed E-state index contributed by atoms with van der Waals surface area (Å²) >= 11 is 0. The first kappa shape index (κ1) is 19.1. The molecular formula is C17H19F3N6. The molecule has 0 spiro atoms. The normalized spacial score (nSPS) is 13.2. The van der Waals surface area contributed by atoms with Gasteiger partial charge >= 0.3 is 6.18 Å². The SMILES string of the molecule is CC(Nc1ccc(C(F)(F)F)cc1N=C(N)N=C(N)N)c1ccccc1. The Kier molecular flexibility index (Phi) is 5.71. The van der Waals surface area contributed by atoms with E-state index in [9.17, 15) is 13.2 Å². The van der Waals surface area contributed by atoms with Crippen molar-refractivity contribution in [2.45, 2.75) is 19.1 Å². The summed E-state index contributed by atoms with van der Waals surface area (Å²) in [6.07, 6.45) is -4.52. The van der Waals surface area contributed by atoms with Crippen LogP contribution in [-0.2, 0) is 6.18 Å². The zero-order chi connectivity index (χ0) is 19.3. The average Bonchev–Trinajstić information content (AvgIpc) is 2.55. The maximum absolute atomic E-state index is 13.0. The lowest BCUT2D eigenvalue weighted by molar-refractivity contribution is -0.137. The molecule has 26 heavy (non-hydrogen) atoms. The first-order valence-electron chi connectivity index (χ1n) is 7.63. The summed E-state index contributed by atoms with van der Waals surface area (Å²) < 4.78 is 39.0. The standard InChI is InChI=1S/C17H19F3N6/c1-10(11-5-3-2-4-6-11)24-13-8-7-12(17(18,19)20)9-14(13)25-16(23)26-15(21)22/h2-10,24H,1H3,(H6,21,22,23,25,26). The highest BCUT2D eigenvalue weighted by molar-refractivity contribution is 5.94. The van der Waals surface area contributed by atoms with Crippen LogP contribution in [0.2, 0.25) is 0 Å². The van der Waals surface area contributed by atoms with E-state index in [1.165, 1.54) is 6.07 Å². The molecule has 0 aromatic heterocycles. The maximum atomic E-state index is 13.0. The molecule has 2 aromatic carbocycles. The summed E-state index contributed by atoms with van der Waals surface area (Å²) in [6.45, 7) is 1.87. The number of rotatable bonds is 4. The van der Waals surface area contributed by atoms with Gasteiger partial charge in [-0.3, -0.25) is 0 Å². The van der Waals surface area contributed by atoms with E-state index in [-0.39, 0.29) is 23.6 Å². The molecule has 6 nitrogen and oxygen atoms in total. The van der Waals surface area contributed by atoms with Crippen molar-refractivity contribution in [3.63, 3.8) is 0 Å². The highest BCUT2D eigenvalue weighted by atomic mass is 19.4. The zero-order valence-corrected chi connectivity index (χ0v) is 14.0. The largest absolute Gasteiger partial charge is 0.416 e. The van der Waals surface area contributed by atoms with Gasteiger partial charge in [-0.1, -0.05) is 30.3 Å². The van der Waals surface area contributed by atoms with E-state index in [4.69, 9.17) is 17.2 Å². The van der Waals surface area contributed by atoms with Crippen LogP contribution < -0.4 is 22.5 Å². The van der Waals surface area contributed by atoms with Crippen molar-refractivity contribution in [3.05, 3.63) is 59.7 Å². The molecule has 9 heteroatoms. The minimum absolute atomic E-state index is 0.0230. The van der Waals surface area contributed by atoms with E-state index in [2.05, 4.69) is 15.3 Å². The Bertz CT molecular complexity index is 811. The number of alkyl halides is 3. The quantitative estimate of drug-likeness (QED) is 0.493. The zero-order valence-electron chi connectivity index (χ0n) is 14.0. The third kappa shape index (κ3) is 5.13. The second-order valence-corrected chi connectivity index (χ2v) is 5.51. The number of aliphatic imine (C=N–C) groups is 2. The van der Waals surface area contributed by atoms with Crippen LogP contribution >= 0.6 is 0 Å². The summed E-state index contributed by atoms with van der Waals surface area (Å²) in [7, 11) is 0. The van der Waals surface area contributed by atoms with Gasteiger partial charge < -0.3 is 22.5 Å². The lowest BCUT2D eigenvalue weighted by Gasteiger charge is -2.18. The van der Waals surface area contributed by atoms with Crippen LogP contribution in [0, 0.1) is 0 Å². The number of hydrogen-bond acceptors (Lipinski definition) is 2. The van der Waals surface area contributed by atoms with Crippen LogP contribution in [0.15, 0.2) is 58.5 Å². The minimum Gasteiger partial charge on any atom is -0.377 e. The van der Waals surface area contributed by atoms with Crippen molar-refractivity contribution >= 4 is 23.3 Å². The molecule has 0 aliphatic heterocycles. The molecule has 0 heterocycles. The molecular weight excluding hydrogens is 345 g/mol. The number of hydrogen-bond donors (Lipinski definition) is 4. The highest BCUT2D eigenvalue weighted by Crippen LogP contribution is 2.36. The van der Waals surface area contributed by atoms with Gasteiger partial charge in [0.25, 0.3) is 0 Å². The first-order valence-corrected chi connectivity index (χ1v) is 7.63. The van der Waals surface area contributed by atoms with Gasteiger partial charge in [-0.05, 0) is 30.7 Å². The molecule has 2 aromatic rings. The number of nitrogens with two attached hydrogens (primary N) is 3. The number of anilines is 1. The Morgan fingerprint density at radius 1 is 1.04 bits per heavy atom. The number of nitrogens with zero attached hydrogens (tertiary/aromatic N) is 2. The van der Waals surface area contributed by atoms with Crippen LogP contribution in [0.5, 0.6) is 0 Å². The molecule has 0 amide bonds. The summed E-state index contributed by atoms with van der Waals surface area (Å²) in [6, 6.07) is 12.4. The van der Waals surface area contributed by atoms with Crippen LogP contribution in [0.1, 0.15) is 24.1 Å². The van der Waals surface area contributed by atoms with Crippen LogP contribution in [-0.4, -0.2) is 11.9 Å². The van der Waals surface area contributed by atoms with Crippen LogP contribution in [0.25, 0.3) is 0 Å². The van der Waals surface area contributed by atoms with E-state index in [0.717, 1.165) is 17.7 Å². The van der Waals surface area contributed by atoms with Crippen LogP contribution in [0.3, 0.4) is 0 Å². The van der Waals surface area contributed by atoms with Crippen molar-refractivity contribution in [2.75, 3.05) is 5.32 Å². The van der Waals surface area contributed by atoms with Crippen molar-refractivity contribution in [1.29, 1.82) is 0 Å². The molecule has 0 saturated heterocycles. The van der Waals surface area contributed by atoms with Gasteiger partial charge in [0.15, 0.2) is 5.96 Å². The van der Waals surface area contributed by atoms with E-state index in [1.54, 1.807) is 0 Å². The molecule has 0 bridgehead atoms. The fourth-order valence-corrected chi connectivity index (χ4v) is 2.26. The molecule has 2 rings (SSSR count). The van der Waals surface area contributed by atoms with Gasteiger partial charge in [0.05, 0.1) is 16.9 Å². The van der Waals surface area contributed by atoms with E-state index in [1.807, 2.05) is 37.3 Å². The summed E-state index contributed by atoms with van der Waals surface area (Å²) in [5, 5.41) is 3.12. The Morgan fingerprint density at radius 2 is 1.69 bits per heavy atom. The highest BCUT2D eigenvalue weighted by Gasteiger charge is 2.31. The van der Waals surface area contributed by atoms with E-state index in [0.29, 0.717) is 5.69 Å². The fourth-order valence-electron chi connectivity index (χ4n) is 2.26. The van der Waals surface area contributed by atoms with Crippen molar-refractivity contribution < 1.29 is 13.2 Å². The number of halogens is 3. The monoisotopic (exact) mass is 364 g/mol. The lowest BCUT2D eigenvalue weighted by atomic mass is 10.1. The van der Waals surface area contributed by atoms with E-state index < -0.39 is 11.7 Å². The first-order chi connectivity index (χ1) is 12.2. The summed E-state index contributed by atoms with van der Waals surface area (Å²) in [5.74, 6) is -0.690. The average molecular weight is 364 g/mol. The third-order valence-corrected chi connectivity index (χ3v) is 3.48. The molecule has 138 valence electrons. The summed E-state index contributed by atoms with van der Waals surface area (Å²) in [4.78, 5) is 7.44. The molecule has 0 fully saturated rings. The molecule has 7 N–H and O–H groups in total. The van der Waals surface area contributed by atoms with Crippen molar-refractivity contribution in [2.24, 2.45) is 27.2 Å². The molecule has 0 aliphatic carbocycles. The number of nitrogens with one attached hydrogen (secondary N) is 1. The van der Waals surface area contributed by atoms with Gasteiger partial charge in [0, 0.05) is 6.04 Å². The Hall–Kier alpha value is -3.23. The Labute approximate surface area is 148 Å². The third-order valence-electron chi connectivity index (χ3n) is 3.48. The topological polar surface area (TPSA) is 115 Å². The Morgan fingerprint density at radius 3 is 2.27 bits per heavy atom. The van der Waals surface area contributed by atoms with Gasteiger partial charge in [-0.25, -0.2) is 4.99 Å². The predicted octanol–water partition coefficient (Wildman–Crippen LogP) is 3.10. The predicted molar refractivity (Wildman–Crippen MR) is 97.0 cm³/mol. The number of benzene rings is 2. The lowest BCUT2D eigenvalue weighted by Crippen LogP contribution is -2.26. The summed E-state index contributed by atoms with van der Waals surface area (Å²) in [5.41, 5.74) is 16.4. The van der Waals surface area contributed by atoms with Crippen molar-refractivity contribution in [3.8, 4) is 0 Å². The van der Waals surface area contributed by atoms with Gasteiger partial charge in [0.2, 0.25) is 5.96 Å². The maximum Gasteiger partial charge on any atom is 0.416 e. The number of guanidine groups is 2. The molecule has 1 atom stereocenters. The second kappa shape index (κ2) is 7.77. The molecule has 0 radical (unpaired) electrons.